The average Bonchev–Trinajstić information content (AvgIpc) is 2.15. The van der Waals surface area contributed by atoms with Crippen molar-refractivity contribution in [2.24, 2.45) is 11.7 Å². The van der Waals surface area contributed by atoms with E-state index in [1.54, 1.807) is 0 Å². The van der Waals surface area contributed by atoms with E-state index in [1.165, 1.54) is 0 Å². The average molecular weight is 184 g/mol. The van der Waals surface area contributed by atoms with Crippen LogP contribution in [0.2, 0.25) is 0 Å². The summed E-state index contributed by atoms with van der Waals surface area (Å²) >= 11 is 0. The maximum absolute atomic E-state index is 11.4. The van der Waals surface area contributed by atoms with Crippen molar-refractivity contribution in [1.29, 1.82) is 0 Å². The number of hydrogen-bond donors (Lipinski definition) is 1. The fraction of sp³-hybridized carbons (Fsp3) is 0.889. The molecule has 74 valence electrons. The minimum atomic E-state index is -0.241. The van der Waals surface area contributed by atoms with E-state index < -0.39 is 0 Å². The number of hydrogen-bond acceptors (Lipinski definition) is 3. The van der Waals surface area contributed by atoms with Crippen molar-refractivity contribution in [2.45, 2.75) is 25.4 Å². The molecule has 0 radical (unpaired) electrons. The number of rotatable bonds is 1. The van der Waals surface area contributed by atoms with Gasteiger partial charge in [0.15, 0.2) is 0 Å². The summed E-state index contributed by atoms with van der Waals surface area (Å²) in [5, 5.41) is 0. The van der Waals surface area contributed by atoms with Crippen molar-refractivity contribution < 1.29 is 9.53 Å². The van der Waals surface area contributed by atoms with Gasteiger partial charge in [-0.15, -0.1) is 0 Å². The topological polar surface area (TPSA) is 55.6 Å². The normalized spacial score (nSPS) is 40.3. The molecular weight excluding hydrogens is 168 g/mol. The Labute approximate surface area is 78.0 Å². The number of nitrogens with two attached hydrogens (primary N) is 1. The van der Waals surface area contributed by atoms with Gasteiger partial charge in [-0.3, -0.25) is 4.79 Å². The molecule has 3 atom stereocenters. The van der Waals surface area contributed by atoms with E-state index in [0.717, 1.165) is 26.2 Å². The predicted molar refractivity (Wildman–Crippen MR) is 48.1 cm³/mol. The molecule has 13 heavy (non-hydrogen) atoms. The minimum Gasteiger partial charge on any atom is -0.381 e. The van der Waals surface area contributed by atoms with Gasteiger partial charge in [0.1, 0.15) is 6.04 Å². The van der Waals surface area contributed by atoms with E-state index >= 15 is 0 Å². The van der Waals surface area contributed by atoms with Gasteiger partial charge in [0.05, 0.1) is 6.61 Å². The van der Waals surface area contributed by atoms with Crippen LogP contribution in [-0.2, 0) is 9.53 Å². The Morgan fingerprint density at radius 2 is 2.38 bits per heavy atom. The van der Waals surface area contributed by atoms with E-state index in [2.05, 4.69) is 6.92 Å². The Hall–Kier alpha value is -0.610. The maximum Gasteiger partial charge on any atom is 0.241 e. The molecule has 0 saturated carbocycles. The molecule has 2 rings (SSSR count). The van der Waals surface area contributed by atoms with Crippen molar-refractivity contribution in [1.82, 2.24) is 4.90 Å². The number of ether oxygens (including phenoxy) is 1. The molecule has 0 aromatic heterocycles. The second kappa shape index (κ2) is 3.27. The van der Waals surface area contributed by atoms with Crippen molar-refractivity contribution in [3.8, 4) is 0 Å². The van der Waals surface area contributed by atoms with Crippen LogP contribution in [0.1, 0.15) is 13.3 Å². The molecule has 2 heterocycles. The second-order valence-corrected chi connectivity index (χ2v) is 4.01. The quantitative estimate of drug-likeness (QED) is 0.563. The van der Waals surface area contributed by atoms with Gasteiger partial charge in [0, 0.05) is 19.2 Å². The summed E-state index contributed by atoms with van der Waals surface area (Å²) in [7, 11) is 0. The van der Waals surface area contributed by atoms with Crippen LogP contribution in [0.5, 0.6) is 0 Å². The largest absolute Gasteiger partial charge is 0.381 e. The molecule has 0 bridgehead atoms. The molecule has 2 N–H and O–H groups in total. The van der Waals surface area contributed by atoms with Gasteiger partial charge in [-0.05, 0) is 12.3 Å². The third-order valence-corrected chi connectivity index (χ3v) is 2.99. The lowest BCUT2D eigenvalue weighted by Crippen LogP contribution is -2.66. The summed E-state index contributed by atoms with van der Waals surface area (Å²) in [5.74, 6) is 0.559. The van der Waals surface area contributed by atoms with Crippen molar-refractivity contribution in [3.63, 3.8) is 0 Å². The van der Waals surface area contributed by atoms with Crippen LogP contribution in [0.3, 0.4) is 0 Å². The number of carbonyl (C=O) groups is 1. The van der Waals surface area contributed by atoms with E-state index in [4.69, 9.17) is 10.5 Å². The van der Waals surface area contributed by atoms with Crippen molar-refractivity contribution in [3.05, 3.63) is 0 Å². The maximum atomic E-state index is 11.4. The number of carbonyl (C=O) groups excluding carboxylic acids is 1. The standard InChI is InChI=1S/C9H16N2O2/c1-6-5-13-3-2-8(6)11-4-7(10)9(11)12/h6-8H,2-5,10H2,1H3. The lowest BCUT2D eigenvalue weighted by atomic mass is 9.92. The Kier molecular flexibility index (Phi) is 2.26. The molecule has 3 unspecified atom stereocenters. The monoisotopic (exact) mass is 184 g/mol. The van der Waals surface area contributed by atoms with Crippen LogP contribution in [0.15, 0.2) is 0 Å². The van der Waals surface area contributed by atoms with Crippen LogP contribution in [0.4, 0.5) is 0 Å². The van der Waals surface area contributed by atoms with Gasteiger partial charge in [-0.2, -0.15) is 0 Å². The molecule has 1 amide bonds. The van der Waals surface area contributed by atoms with E-state index in [-0.39, 0.29) is 11.9 Å². The Morgan fingerprint density at radius 1 is 1.62 bits per heavy atom. The molecule has 2 aliphatic rings. The van der Waals surface area contributed by atoms with E-state index in [1.807, 2.05) is 4.90 Å². The lowest BCUT2D eigenvalue weighted by molar-refractivity contribution is -0.150. The molecular formula is C9H16N2O2. The first-order chi connectivity index (χ1) is 6.20. The molecule has 2 fully saturated rings. The number of likely N-dealkylation sites (tertiary alicyclic amines) is 1. The number of nitrogens with zero attached hydrogens (tertiary/aromatic N) is 1. The Bertz CT molecular complexity index is 220. The highest BCUT2D eigenvalue weighted by Gasteiger charge is 2.41. The van der Waals surface area contributed by atoms with Gasteiger partial charge in [0.25, 0.3) is 0 Å². The second-order valence-electron chi connectivity index (χ2n) is 4.01. The summed E-state index contributed by atoms with van der Waals surface area (Å²) in [6.45, 7) is 4.40. The third kappa shape index (κ3) is 1.44. The van der Waals surface area contributed by atoms with Crippen LogP contribution >= 0.6 is 0 Å². The zero-order valence-electron chi connectivity index (χ0n) is 7.90. The summed E-state index contributed by atoms with van der Waals surface area (Å²) < 4.78 is 5.32. The number of amides is 1. The first-order valence-electron chi connectivity index (χ1n) is 4.84. The summed E-state index contributed by atoms with van der Waals surface area (Å²) in [6, 6.07) is 0.121. The fourth-order valence-corrected chi connectivity index (χ4v) is 2.11. The smallest absolute Gasteiger partial charge is 0.241 e. The summed E-state index contributed by atoms with van der Waals surface area (Å²) in [6.07, 6.45) is 0.958. The lowest BCUT2D eigenvalue weighted by Gasteiger charge is -2.46. The van der Waals surface area contributed by atoms with Crippen LogP contribution in [0.25, 0.3) is 0 Å². The molecule has 0 aromatic carbocycles. The van der Waals surface area contributed by atoms with E-state index in [0.29, 0.717) is 12.0 Å². The molecule has 0 aromatic rings. The first-order valence-corrected chi connectivity index (χ1v) is 4.84. The van der Waals surface area contributed by atoms with Gasteiger partial charge in [-0.1, -0.05) is 6.92 Å². The molecule has 0 spiro atoms. The van der Waals surface area contributed by atoms with E-state index in [9.17, 15) is 4.79 Å². The highest BCUT2D eigenvalue weighted by molar-refractivity contribution is 5.88. The third-order valence-electron chi connectivity index (χ3n) is 2.99. The van der Waals surface area contributed by atoms with Crippen molar-refractivity contribution >= 4 is 5.91 Å². The van der Waals surface area contributed by atoms with Gasteiger partial charge >= 0.3 is 0 Å². The molecule has 0 aliphatic carbocycles. The molecule has 4 heteroatoms. The zero-order valence-corrected chi connectivity index (χ0v) is 7.90. The first kappa shape index (κ1) is 8.97. The SMILES string of the molecule is CC1COCCC1N1CC(N)C1=O. The fourth-order valence-electron chi connectivity index (χ4n) is 2.11. The highest BCUT2D eigenvalue weighted by atomic mass is 16.5. The predicted octanol–water partition coefficient (Wildman–Crippen LogP) is -0.419. The number of β-lactam (4-membered cyclic amide) rings is 1. The van der Waals surface area contributed by atoms with Gasteiger partial charge in [-0.25, -0.2) is 0 Å². The molecule has 4 nitrogen and oxygen atoms in total. The van der Waals surface area contributed by atoms with Gasteiger partial charge in [0.2, 0.25) is 5.91 Å². The van der Waals surface area contributed by atoms with Gasteiger partial charge < -0.3 is 15.4 Å². The molecule has 2 aliphatic heterocycles. The minimum absolute atomic E-state index is 0.110. The Balaban J connectivity index is 1.96. The molecule has 2 saturated heterocycles. The zero-order chi connectivity index (χ0) is 9.42. The summed E-state index contributed by atoms with van der Waals surface area (Å²) in [5.41, 5.74) is 5.54. The van der Waals surface area contributed by atoms with Crippen molar-refractivity contribution in [2.75, 3.05) is 19.8 Å². The van der Waals surface area contributed by atoms with Crippen LogP contribution in [0, 0.1) is 5.92 Å². The van der Waals surface area contributed by atoms with Crippen LogP contribution in [-0.4, -0.2) is 42.6 Å². The Morgan fingerprint density at radius 3 is 2.92 bits per heavy atom. The van der Waals surface area contributed by atoms with Crippen LogP contribution < -0.4 is 5.73 Å². The highest BCUT2D eigenvalue weighted by Crippen LogP contribution is 2.24. The summed E-state index contributed by atoms with van der Waals surface area (Å²) in [4.78, 5) is 13.3.